The number of halogens is 3. The number of rotatable bonds is 2. The average molecular weight is 242 g/mol. The van der Waals surface area contributed by atoms with Crippen LogP contribution >= 0.6 is 0 Å². The van der Waals surface area contributed by atoms with Crippen molar-refractivity contribution in [1.82, 2.24) is 9.78 Å². The van der Waals surface area contributed by atoms with Gasteiger partial charge in [0.2, 0.25) is 0 Å². The Balaban J connectivity index is 2.65. The molecule has 0 radical (unpaired) electrons. The van der Waals surface area contributed by atoms with E-state index >= 15 is 0 Å². The van der Waals surface area contributed by atoms with Crippen molar-refractivity contribution in [2.75, 3.05) is 0 Å². The van der Waals surface area contributed by atoms with Gasteiger partial charge in [-0.2, -0.15) is 5.10 Å². The van der Waals surface area contributed by atoms with Gasteiger partial charge in [-0.05, 0) is 18.2 Å². The third-order valence-corrected chi connectivity index (χ3v) is 2.10. The zero-order valence-electron chi connectivity index (χ0n) is 8.19. The molecule has 0 saturated carbocycles. The molecule has 1 N–H and O–H groups in total. The topological polar surface area (TPSA) is 55.1 Å². The van der Waals surface area contributed by atoms with Gasteiger partial charge in [-0.25, -0.2) is 22.6 Å². The van der Waals surface area contributed by atoms with Crippen molar-refractivity contribution in [2.45, 2.75) is 0 Å². The number of carboxylic acids is 1. The maximum atomic E-state index is 13.4. The quantitative estimate of drug-likeness (QED) is 0.819. The number of benzene rings is 1. The summed E-state index contributed by atoms with van der Waals surface area (Å²) in [6.45, 7) is 0. The van der Waals surface area contributed by atoms with Crippen LogP contribution in [0.25, 0.3) is 5.69 Å². The second kappa shape index (κ2) is 3.93. The highest BCUT2D eigenvalue weighted by atomic mass is 19.2. The van der Waals surface area contributed by atoms with Crippen molar-refractivity contribution in [2.24, 2.45) is 0 Å². The minimum absolute atomic E-state index is 0.352. The molecule has 0 bridgehead atoms. The first-order valence-corrected chi connectivity index (χ1v) is 4.43. The molecule has 0 atom stereocenters. The van der Waals surface area contributed by atoms with E-state index in [0.717, 1.165) is 18.3 Å². The van der Waals surface area contributed by atoms with E-state index < -0.39 is 29.1 Å². The molecule has 0 fully saturated rings. The molecule has 1 aromatic carbocycles. The molecule has 17 heavy (non-hydrogen) atoms. The van der Waals surface area contributed by atoms with Crippen LogP contribution < -0.4 is 0 Å². The summed E-state index contributed by atoms with van der Waals surface area (Å²) in [6, 6.07) is 2.72. The molecule has 4 nitrogen and oxygen atoms in total. The van der Waals surface area contributed by atoms with Crippen molar-refractivity contribution in [3.05, 3.63) is 47.5 Å². The molecule has 0 aliphatic carbocycles. The van der Waals surface area contributed by atoms with E-state index in [2.05, 4.69) is 5.10 Å². The van der Waals surface area contributed by atoms with Gasteiger partial charge in [0.15, 0.2) is 23.1 Å². The van der Waals surface area contributed by atoms with E-state index in [0.29, 0.717) is 10.7 Å². The summed E-state index contributed by atoms with van der Waals surface area (Å²) >= 11 is 0. The fourth-order valence-electron chi connectivity index (χ4n) is 1.34. The molecule has 0 spiro atoms. The third kappa shape index (κ3) is 1.75. The zero-order chi connectivity index (χ0) is 12.6. The molecule has 88 valence electrons. The molecule has 0 aliphatic heterocycles. The van der Waals surface area contributed by atoms with Gasteiger partial charge < -0.3 is 5.11 Å². The van der Waals surface area contributed by atoms with Crippen LogP contribution in [0.3, 0.4) is 0 Å². The molecule has 0 unspecified atom stereocenters. The summed E-state index contributed by atoms with van der Waals surface area (Å²) in [5, 5.41) is 12.3. The molecule has 0 saturated heterocycles. The van der Waals surface area contributed by atoms with Gasteiger partial charge in [-0.3, -0.25) is 0 Å². The van der Waals surface area contributed by atoms with Gasteiger partial charge >= 0.3 is 5.97 Å². The van der Waals surface area contributed by atoms with Gasteiger partial charge in [0.05, 0.1) is 6.20 Å². The summed E-state index contributed by atoms with van der Waals surface area (Å²) in [4.78, 5) is 10.8. The van der Waals surface area contributed by atoms with Gasteiger partial charge in [0.1, 0.15) is 5.69 Å². The molecular formula is C10H5F3N2O2. The Morgan fingerprint density at radius 2 is 1.88 bits per heavy atom. The van der Waals surface area contributed by atoms with Crippen LogP contribution in [0.15, 0.2) is 24.4 Å². The molecule has 1 heterocycles. The maximum Gasteiger partial charge on any atom is 0.354 e. The van der Waals surface area contributed by atoms with Gasteiger partial charge in [-0.15, -0.1) is 0 Å². The Morgan fingerprint density at radius 1 is 1.18 bits per heavy atom. The lowest BCUT2D eigenvalue weighted by atomic mass is 10.2. The van der Waals surface area contributed by atoms with Crippen LogP contribution in [0.4, 0.5) is 13.2 Å². The first-order chi connectivity index (χ1) is 8.02. The van der Waals surface area contributed by atoms with E-state index in [1.807, 2.05) is 0 Å². The lowest BCUT2D eigenvalue weighted by molar-refractivity contribution is 0.0687. The van der Waals surface area contributed by atoms with Crippen molar-refractivity contribution in [1.29, 1.82) is 0 Å². The average Bonchev–Trinajstić information content (AvgIpc) is 2.75. The Hall–Kier alpha value is -2.31. The SMILES string of the molecule is O=C(O)c1ccnn1-c1ccc(F)c(F)c1F. The largest absolute Gasteiger partial charge is 0.477 e. The van der Waals surface area contributed by atoms with Gasteiger partial charge in [0.25, 0.3) is 0 Å². The highest BCUT2D eigenvalue weighted by Crippen LogP contribution is 2.19. The summed E-state index contributed by atoms with van der Waals surface area (Å²) in [6.07, 6.45) is 1.12. The van der Waals surface area contributed by atoms with Crippen molar-refractivity contribution in [3.8, 4) is 5.69 Å². The molecule has 0 aliphatic rings. The van der Waals surface area contributed by atoms with Crippen LogP contribution in [0.5, 0.6) is 0 Å². The molecule has 1 aromatic heterocycles. The Morgan fingerprint density at radius 3 is 2.53 bits per heavy atom. The van der Waals surface area contributed by atoms with Crippen LogP contribution in [0.2, 0.25) is 0 Å². The monoisotopic (exact) mass is 242 g/mol. The number of carbonyl (C=O) groups is 1. The first-order valence-electron chi connectivity index (χ1n) is 4.43. The minimum atomic E-state index is -1.67. The van der Waals surface area contributed by atoms with Crippen LogP contribution in [0.1, 0.15) is 10.5 Å². The number of aromatic carboxylic acids is 1. The van der Waals surface area contributed by atoms with Crippen molar-refractivity contribution < 1.29 is 23.1 Å². The summed E-state index contributed by atoms with van der Waals surface area (Å²) in [7, 11) is 0. The lowest BCUT2D eigenvalue weighted by Crippen LogP contribution is -2.10. The van der Waals surface area contributed by atoms with E-state index in [9.17, 15) is 18.0 Å². The normalized spacial score (nSPS) is 10.5. The highest BCUT2D eigenvalue weighted by Gasteiger charge is 2.19. The fraction of sp³-hybridized carbons (Fsp3) is 0. The van der Waals surface area contributed by atoms with Crippen LogP contribution in [-0.4, -0.2) is 20.9 Å². The molecular weight excluding hydrogens is 237 g/mol. The number of carboxylic acid groups (broad SMARTS) is 1. The number of nitrogens with zero attached hydrogens (tertiary/aromatic N) is 2. The Kier molecular flexibility index (Phi) is 2.58. The number of hydrogen-bond donors (Lipinski definition) is 1. The standard InChI is InChI=1S/C10H5F3N2O2/c11-5-1-2-6(9(13)8(5)12)15-7(10(16)17)3-4-14-15/h1-4H,(H,16,17). The summed E-state index contributed by atoms with van der Waals surface area (Å²) in [5.74, 6) is -5.87. The maximum absolute atomic E-state index is 13.4. The molecule has 2 aromatic rings. The number of hydrogen-bond acceptors (Lipinski definition) is 2. The third-order valence-electron chi connectivity index (χ3n) is 2.10. The second-order valence-corrected chi connectivity index (χ2v) is 3.13. The van der Waals surface area contributed by atoms with E-state index in [4.69, 9.17) is 5.11 Å². The predicted molar refractivity (Wildman–Crippen MR) is 50.4 cm³/mol. The molecule has 0 amide bonds. The smallest absolute Gasteiger partial charge is 0.354 e. The predicted octanol–water partition coefficient (Wildman–Crippen LogP) is 1.99. The fourth-order valence-corrected chi connectivity index (χ4v) is 1.34. The highest BCUT2D eigenvalue weighted by molar-refractivity contribution is 5.86. The van der Waals surface area contributed by atoms with Crippen LogP contribution in [-0.2, 0) is 0 Å². The van der Waals surface area contributed by atoms with E-state index in [-0.39, 0.29) is 5.69 Å². The van der Waals surface area contributed by atoms with Crippen molar-refractivity contribution >= 4 is 5.97 Å². The first kappa shape index (κ1) is 11.2. The lowest BCUT2D eigenvalue weighted by Gasteiger charge is -2.06. The zero-order valence-corrected chi connectivity index (χ0v) is 8.19. The molecule has 2 rings (SSSR count). The van der Waals surface area contributed by atoms with Gasteiger partial charge in [-0.1, -0.05) is 0 Å². The second-order valence-electron chi connectivity index (χ2n) is 3.13. The molecule has 7 heteroatoms. The Labute approximate surface area is 92.9 Å². The number of aromatic nitrogens is 2. The van der Waals surface area contributed by atoms with E-state index in [1.165, 1.54) is 0 Å². The summed E-state index contributed by atoms with van der Waals surface area (Å²) in [5.41, 5.74) is -0.818. The Bertz CT molecular complexity index is 595. The van der Waals surface area contributed by atoms with E-state index in [1.54, 1.807) is 0 Å². The van der Waals surface area contributed by atoms with Crippen molar-refractivity contribution in [3.63, 3.8) is 0 Å². The van der Waals surface area contributed by atoms with Crippen LogP contribution in [0, 0.1) is 17.5 Å². The van der Waals surface area contributed by atoms with Gasteiger partial charge in [0, 0.05) is 0 Å². The minimum Gasteiger partial charge on any atom is -0.477 e. The summed E-state index contributed by atoms with van der Waals surface area (Å²) < 4.78 is 39.8.